The maximum atomic E-state index is 13.3. The quantitative estimate of drug-likeness (QED) is 0.0921. The highest BCUT2D eigenvalue weighted by molar-refractivity contribution is 5.95. The van der Waals surface area contributed by atoms with Crippen molar-refractivity contribution in [2.45, 2.75) is 139 Å². The van der Waals surface area contributed by atoms with Gasteiger partial charge in [0.25, 0.3) is 5.91 Å². The van der Waals surface area contributed by atoms with E-state index in [1.165, 1.54) is 51.4 Å². The van der Waals surface area contributed by atoms with Crippen LogP contribution in [-0.2, 0) is 9.47 Å². The van der Waals surface area contributed by atoms with Gasteiger partial charge in [-0.05, 0) is 29.7 Å². The summed E-state index contributed by atoms with van der Waals surface area (Å²) in [6.45, 7) is 1.23. The second-order valence-electron chi connectivity index (χ2n) is 12.8. The number of unbranched alkanes of at least 4 members (excludes halogenated alkanes) is 11. The lowest BCUT2D eigenvalue weighted by molar-refractivity contribution is -0.303. The summed E-state index contributed by atoms with van der Waals surface area (Å²) in [4.78, 5) is 13.3. The highest BCUT2D eigenvalue weighted by atomic mass is 16.7. The number of carbonyl (C=O) groups is 1. The molecule has 1 amide bonds. The van der Waals surface area contributed by atoms with E-state index in [0.717, 1.165) is 30.4 Å². The number of benzene rings is 2. The summed E-state index contributed by atoms with van der Waals surface area (Å²) in [7, 11) is 0. The molecular weight excluding hydrogens is 602 g/mol. The van der Waals surface area contributed by atoms with Crippen LogP contribution in [0.4, 0.5) is 0 Å². The van der Waals surface area contributed by atoms with Crippen molar-refractivity contribution >= 4 is 5.91 Å². The number of carbonyl (C=O) groups excluding carboxylic acids is 1. The first-order valence-corrected chi connectivity index (χ1v) is 17.5. The van der Waals surface area contributed by atoms with E-state index >= 15 is 0 Å². The summed E-state index contributed by atoms with van der Waals surface area (Å²) < 4.78 is 11.1. The molecule has 0 aromatic heterocycles. The zero-order valence-electron chi connectivity index (χ0n) is 27.8. The Labute approximate surface area is 279 Å². The monoisotopic (exact) mass is 659 g/mol. The molecule has 1 heterocycles. The summed E-state index contributed by atoms with van der Waals surface area (Å²) in [5.41, 5.74) is 2.27. The average Bonchev–Trinajstić information content (AvgIpc) is 3.10. The minimum atomic E-state index is -1.64. The lowest BCUT2D eigenvalue weighted by Crippen LogP contribution is -2.60. The van der Waals surface area contributed by atoms with Gasteiger partial charge in [-0.3, -0.25) is 4.79 Å². The Hall–Kier alpha value is -2.41. The highest BCUT2D eigenvalue weighted by Gasteiger charge is 2.44. The van der Waals surface area contributed by atoms with Crippen molar-refractivity contribution in [3.05, 3.63) is 60.2 Å². The molecule has 0 radical (unpaired) electrons. The molecule has 10 nitrogen and oxygen atoms in total. The van der Waals surface area contributed by atoms with Crippen LogP contribution in [0, 0.1) is 0 Å². The maximum absolute atomic E-state index is 13.3. The number of nitrogens with one attached hydrogen (secondary N) is 1. The number of hydrogen-bond acceptors (Lipinski definition) is 9. The topological polar surface area (TPSA) is 169 Å². The Bertz CT molecular complexity index is 1120. The number of ether oxygens (including phenoxy) is 2. The number of aliphatic hydroxyl groups excluding tert-OH is 6. The van der Waals surface area contributed by atoms with Gasteiger partial charge >= 0.3 is 0 Å². The molecule has 0 saturated carbocycles. The normalized spacial score (nSPS) is 23.3. The summed E-state index contributed by atoms with van der Waals surface area (Å²) in [5.74, 6) is -0.497. The van der Waals surface area contributed by atoms with Crippen molar-refractivity contribution in [1.29, 1.82) is 0 Å². The number of rotatable bonds is 22. The molecule has 3 rings (SSSR count). The average molecular weight is 660 g/mol. The van der Waals surface area contributed by atoms with Crippen molar-refractivity contribution in [3.8, 4) is 11.1 Å². The summed E-state index contributed by atoms with van der Waals surface area (Å²) in [6.07, 6.45) is 4.44. The second kappa shape index (κ2) is 21.5. The largest absolute Gasteiger partial charge is 0.394 e. The molecule has 7 N–H and O–H groups in total. The van der Waals surface area contributed by atoms with Crippen molar-refractivity contribution in [2.75, 3.05) is 13.2 Å². The van der Waals surface area contributed by atoms with E-state index in [2.05, 4.69) is 12.2 Å². The zero-order chi connectivity index (χ0) is 34.0. The Morgan fingerprint density at radius 2 is 1.32 bits per heavy atom. The summed E-state index contributed by atoms with van der Waals surface area (Å²) >= 11 is 0. The fourth-order valence-electron chi connectivity index (χ4n) is 5.96. The van der Waals surface area contributed by atoms with Crippen LogP contribution in [0.5, 0.6) is 0 Å². The van der Waals surface area contributed by atoms with Gasteiger partial charge in [-0.15, -0.1) is 0 Å². The standard InChI is InChI=1S/C37H57NO9/c1-2-3-4-5-6-7-8-9-10-11-12-16-19-30(40)32(41)29(25-46-37-35(44)34(43)33(42)31(24-39)47-37)38-36(45)28-22-20-27(21-23-28)26-17-14-13-15-18-26/h13-15,17-18,20-23,29-35,37,39-44H,2-12,16,19,24-25H2,1H3,(H,38,45)/t29-,30+,31+,32-,33-,34-,35+,37-/m0/s1. The minimum absolute atomic E-state index is 0.330. The predicted octanol–water partition coefficient (Wildman–Crippen LogP) is 4.08. The Morgan fingerprint density at radius 3 is 1.89 bits per heavy atom. The third-order valence-corrected chi connectivity index (χ3v) is 9.02. The highest BCUT2D eigenvalue weighted by Crippen LogP contribution is 2.23. The number of amides is 1. The molecule has 2 aromatic rings. The molecule has 0 bridgehead atoms. The number of hydrogen-bond donors (Lipinski definition) is 7. The fraction of sp³-hybridized carbons (Fsp3) is 0.649. The summed E-state index contributed by atoms with van der Waals surface area (Å²) in [5, 5.41) is 64.9. The van der Waals surface area contributed by atoms with E-state index in [4.69, 9.17) is 9.47 Å². The first-order valence-electron chi connectivity index (χ1n) is 17.5. The van der Waals surface area contributed by atoms with Crippen LogP contribution in [0.3, 0.4) is 0 Å². The molecule has 10 heteroatoms. The lowest BCUT2D eigenvalue weighted by atomic mass is 9.98. The molecule has 264 valence electrons. The van der Waals surface area contributed by atoms with Gasteiger partial charge in [-0.2, -0.15) is 0 Å². The molecular formula is C37H57NO9. The van der Waals surface area contributed by atoms with Crippen molar-refractivity contribution in [2.24, 2.45) is 0 Å². The van der Waals surface area contributed by atoms with E-state index in [0.29, 0.717) is 18.4 Å². The van der Waals surface area contributed by atoms with Gasteiger partial charge in [0.1, 0.15) is 30.5 Å². The van der Waals surface area contributed by atoms with Crippen LogP contribution < -0.4 is 5.32 Å². The van der Waals surface area contributed by atoms with Gasteiger partial charge in [0.2, 0.25) is 0 Å². The van der Waals surface area contributed by atoms with Crippen LogP contribution in [0.2, 0.25) is 0 Å². The third-order valence-electron chi connectivity index (χ3n) is 9.02. The number of aliphatic hydroxyl groups is 6. The van der Waals surface area contributed by atoms with Gasteiger partial charge in [-0.1, -0.05) is 126 Å². The lowest BCUT2D eigenvalue weighted by Gasteiger charge is -2.40. The van der Waals surface area contributed by atoms with Crippen LogP contribution in [0.1, 0.15) is 101 Å². The van der Waals surface area contributed by atoms with Gasteiger partial charge in [0.15, 0.2) is 6.29 Å². The molecule has 1 fully saturated rings. The SMILES string of the molecule is CCCCCCCCCCCCCC[C@@H](O)[C@@H](O)[C@H](CO[C@H]1O[C@H](CO)[C@H](O)[C@H](O)[C@H]1O)NC(=O)c1ccc(-c2ccccc2)cc1. The van der Waals surface area contributed by atoms with Crippen LogP contribution >= 0.6 is 0 Å². The van der Waals surface area contributed by atoms with E-state index in [1.54, 1.807) is 12.1 Å². The van der Waals surface area contributed by atoms with Gasteiger partial charge in [-0.25, -0.2) is 0 Å². The van der Waals surface area contributed by atoms with Crippen LogP contribution in [-0.4, -0.2) is 98.7 Å². The van der Waals surface area contributed by atoms with Crippen molar-refractivity contribution in [3.63, 3.8) is 0 Å². The van der Waals surface area contributed by atoms with Crippen LogP contribution in [0.15, 0.2) is 54.6 Å². The predicted molar refractivity (Wildman–Crippen MR) is 181 cm³/mol. The smallest absolute Gasteiger partial charge is 0.251 e. The molecule has 8 atom stereocenters. The molecule has 1 aliphatic rings. The van der Waals surface area contributed by atoms with Crippen molar-refractivity contribution in [1.82, 2.24) is 5.32 Å². The Morgan fingerprint density at radius 1 is 0.766 bits per heavy atom. The van der Waals surface area contributed by atoms with Crippen LogP contribution in [0.25, 0.3) is 11.1 Å². The molecule has 1 aliphatic heterocycles. The molecule has 2 aromatic carbocycles. The van der Waals surface area contributed by atoms with Gasteiger partial charge in [0.05, 0.1) is 25.4 Å². The molecule has 0 spiro atoms. The Kier molecular flexibility index (Phi) is 17.9. The van der Waals surface area contributed by atoms with E-state index in [9.17, 15) is 35.4 Å². The first kappa shape index (κ1) is 39.0. The Balaban J connectivity index is 1.54. The zero-order valence-corrected chi connectivity index (χ0v) is 27.8. The molecule has 0 aliphatic carbocycles. The molecule has 0 unspecified atom stereocenters. The van der Waals surface area contributed by atoms with E-state index < -0.39 is 61.5 Å². The first-order chi connectivity index (χ1) is 22.8. The molecule has 1 saturated heterocycles. The van der Waals surface area contributed by atoms with Gasteiger partial charge in [0, 0.05) is 5.56 Å². The fourth-order valence-corrected chi connectivity index (χ4v) is 5.96. The third kappa shape index (κ3) is 12.9. The van der Waals surface area contributed by atoms with Crippen molar-refractivity contribution < 1.29 is 44.9 Å². The minimum Gasteiger partial charge on any atom is -0.394 e. The van der Waals surface area contributed by atoms with Gasteiger partial charge < -0.3 is 45.4 Å². The maximum Gasteiger partial charge on any atom is 0.251 e. The summed E-state index contributed by atoms with van der Waals surface area (Å²) in [6, 6.07) is 15.6. The van der Waals surface area contributed by atoms with E-state index in [1.807, 2.05) is 42.5 Å². The van der Waals surface area contributed by atoms with E-state index in [-0.39, 0.29) is 6.61 Å². The molecule has 47 heavy (non-hydrogen) atoms. The second-order valence-corrected chi connectivity index (χ2v) is 12.8.